The fourth-order valence-electron chi connectivity index (χ4n) is 3.06. The van der Waals surface area contributed by atoms with Gasteiger partial charge in [-0.1, -0.05) is 12.1 Å². The zero-order valence-corrected chi connectivity index (χ0v) is 15.2. The van der Waals surface area contributed by atoms with Crippen LogP contribution >= 0.6 is 0 Å². The van der Waals surface area contributed by atoms with Gasteiger partial charge in [0.05, 0.1) is 10.9 Å². The van der Waals surface area contributed by atoms with E-state index in [9.17, 15) is 17.6 Å². The van der Waals surface area contributed by atoms with E-state index < -0.39 is 17.6 Å². The monoisotopic (exact) mass is 419 g/mol. The third kappa shape index (κ3) is 3.49. The summed E-state index contributed by atoms with van der Waals surface area (Å²) >= 11 is 0. The van der Waals surface area contributed by atoms with Crippen LogP contribution in [-0.4, -0.2) is 15.4 Å². The van der Waals surface area contributed by atoms with Crippen LogP contribution in [0.5, 0.6) is 5.88 Å². The number of hydrogen-bond acceptors (Lipinski definition) is 6. The highest BCUT2D eigenvalue weighted by atomic mass is 19.4. The molecule has 0 bridgehead atoms. The van der Waals surface area contributed by atoms with E-state index in [1.54, 1.807) is 6.07 Å². The fourth-order valence-corrected chi connectivity index (χ4v) is 3.06. The van der Waals surface area contributed by atoms with Crippen molar-refractivity contribution >= 4 is 11.0 Å². The lowest BCUT2D eigenvalue weighted by Gasteiger charge is -2.09. The lowest BCUT2D eigenvalue weighted by Crippen LogP contribution is -2.05. The molecule has 154 valence electrons. The second kappa shape index (κ2) is 6.82. The molecule has 2 aromatic carbocycles. The van der Waals surface area contributed by atoms with E-state index in [0.717, 1.165) is 25.0 Å². The summed E-state index contributed by atoms with van der Waals surface area (Å²) in [6.07, 6.45) is -2.56. The molecule has 10 heteroatoms. The minimum atomic E-state index is -4.62. The molecule has 0 radical (unpaired) electrons. The Morgan fingerprint density at radius 3 is 2.63 bits per heavy atom. The first kappa shape index (κ1) is 18.6. The highest BCUT2D eigenvalue weighted by Crippen LogP contribution is 2.39. The Bertz CT molecular complexity index is 1230. The van der Waals surface area contributed by atoms with Crippen LogP contribution in [-0.2, 0) is 12.8 Å². The van der Waals surface area contributed by atoms with Gasteiger partial charge in [0.1, 0.15) is 5.82 Å². The molecule has 0 aliphatic heterocycles. The maximum atomic E-state index is 14.3. The molecule has 6 nitrogen and oxygen atoms in total. The van der Waals surface area contributed by atoms with E-state index in [0.29, 0.717) is 34.4 Å². The molecule has 0 amide bonds. The molecule has 0 atom stereocenters. The smallest absolute Gasteiger partial charge is 0.416 e. The average Bonchev–Trinajstić information content (AvgIpc) is 3.31. The van der Waals surface area contributed by atoms with Crippen LogP contribution < -0.4 is 4.74 Å². The third-order valence-electron chi connectivity index (χ3n) is 4.79. The van der Waals surface area contributed by atoms with Crippen LogP contribution in [0.1, 0.15) is 36.1 Å². The molecule has 5 rings (SSSR count). The van der Waals surface area contributed by atoms with Crippen LogP contribution in [0, 0.1) is 5.82 Å². The van der Waals surface area contributed by atoms with Gasteiger partial charge in [0.25, 0.3) is 11.8 Å². The van der Waals surface area contributed by atoms with E-state index >= 15 is 0 Å². The SMILES string of the molecule is Fc1cc(C(F)(F)F)ccc1-c1ccc2onc(OCc3nnc(C4CC4)o3)c2c1. The Labute approximate surface area is 166 Å². The Kier molecular flexibility index (Phi) is 4.23. The second-order valence-corrected chi connectivity index (χ2v) is 6.99. The summed E-state index contributed by atoms with van der Waals surface area (Å²) in [6.45, 7) is -0.0276. The first-order valence-corrected chi connectivity index (χ1v) is 9.10. The Morgan fingerprint density at radius 1 is 1.07 bits per heavy atom. The van der Waals surface area contributed by atoms with Gasteiger partial charge in [0.15, 0.2) is 12.2 Å². The molecule has 0 spiro atoms. The number of fused-ring (bicyclic) bond motifs is 1. The van der Waals surface area contributed by atoms with E-state index in [1.807, 2.05) is 0 Å². The maximum Gasteiger partial charge on any atom is 0.416 e. The largest absolute Gasteiger partial charge is 0.465 e. The van der Waals surface area contributed by atoms with Crippen molar-refractivity contribution in [3.05, 3.63) is 59.6 Å². The van der Waals surface area contributed by atoms with Gasteiger partial charge in [-0.2, -0.15) is 13.2 Å². The molecule has 0 saturated heterocycles. The number of alkyl halides is 3. The molecule has 1 fully saturated rings. The second-order valence-electron chi connectivity index (χ2n) is 6.99. The van der Waals surface area contributed by atoms with E-state index in [2.05, 4.69) is 15.4 Å². The molecular weight excluding hydrogens is 406 g/mol. The van der Waals surface area contributed by atoms with Crippen molar-refractivity contribution in [2.24, 2.45) is 0 Å². The number of halogens is 4. The lowest BCUT2D eigenvalue weighted by atomic mass is 10.0. The van der Waals surface area contributed by atoms with E-state index in [-0.39, 0.29) is 23.9 Å². The standard InChI is InChI=1S/C20H13F4N3O3/c21-15-8-12(20(22,23)24)4-5-13(15)11-3-6-16-14(7-11)19(27-30-16)28-9-17-25-26-18(29-17)10-1-2-10/h3-8,10H,1-2,9H2. The highest BCUT2D eigenvalue weighted by Gasteiger charge is 2.31. The third-order valence-corrected chi connectivity index (χ3v) is 4.79. The molecule has 0 N–H and O–H groups in total. The minimum absolute atomic E-state index is 0.0167. The van der Waals surface area contributed by atoms with Crippen molar-refractivity contribution in [3.63, 3.8) is 0 Å². The summed E-state index contributed by atoms with van der Waals surface area (Å²) in [5, 5.41) is 12.2. The summed E-state index contributed by atoms with van der Waals surface area (Å²) in [4.78, 5) is 0. The number of benzene rings is 2. The molecule has 0 unspecified atom stereocenters. The number of rotatable bonds is 5. The minimum Gasteiger partial charge on any atom is -0.465 e. The Balaban J connectivity index is 1.41. The van der Waals surface area contributed by atoms with Crippen LogP contribution in [0.4, 0.5) is 17.6 Å². The average molecular weight is 419 g/mol. The van der Waals surface area contributed by atoms with Crippen molar-refractivity contribution in [2.75, 3.05) is 0 Å². The van der Waals surface area contributed by atoms with Crippen LogP contribution in [0.3, 0.4) is 0 Å². The fraction of sp³-hybridized carbons (Fsp3) is 0.250. The van der Waals surface area contributed by atoms with Crippen molar-refractivity contribution in [2.45, 2.75) is 31.5 Å². The maximum absolute atomic E-state index is 14.3. The molecule has 1 aliphatic rings. The number of aromatic nitrogens is 3. The van der Waals surface area contributed by atoms with Crippen LogP contribution in [0.25, 0.3) is 22.1 Å². The molecule has 1 saturated carbocycles. The summed E-state index contributed by atoms with van der Waals surface area (Å²) in [7, 11) is 0. The van der Waals surface area contributed by atoms with Gasteiger partial charge < -0.3 is 13.7 Å². The Hall–Kier alpha value is -3.43. The zero-order valence-electron chi connectivity index (χ0n) is 15.2. The summed E-state index contributed by atoms with van der Waals surface area (Å²) in [5.41, 5.74) is -0.298. The predicted octanol–water partition coefficient (Wildman–Crippen LogP) is 5.49. The van der Waals surface area contributed by atoms with Crippen LogP contribution in [0.2, 0.25) is 0 Å². The summed E-state index contributed by atoms with van der Waals surface area (Å²) < 4.78 is 69.0. The Morgan fingerprint density at radius 2 is 1.90 bits per heavy atom. The van der Waals surface area contributed by atoms with Gasteiger partial charge in [-0.3, -0.25) is 0 Å². The molecular formula is C20H13F4N3O3. The van der Waals surface area contributed by atoms with Crippen molar-refractivity contribution in [1.29, 1.82) is 0 Å². The number of ether oxygens (including phenoxy) is 1. The number of hydrogen-bond donors (Lipinski definition) is 0. The van der Waals surface area contributed by atoms with E-state index in [1.165, 1.54) is 12.1 Å². The van der Waals surface area contributed by atoms with Gasteiger partial charge in [-0.15, -0.1) is 10.2 Å². The summed E-state index contributed by atoms with van der Waals surface area (Å²) in [5.74, 6) is 0.337. The topological polar surface area (TPSA) is 74.2 Å². The van der Waals surface area contributed by atoms with Gasteiger partial charge in [0.2, 0.25) is 5.89 Å². The lowest BCUT2D eigenvalue weighted by molar-refractivity contribution is -0.137. The highest BCUT2D eigenvalue weighted by molar-refractivity contribution is 5.87. The van der Waals surface area contributed by atoms with E-state index in [4.69, 9.17) is 13.7 Å². The quantitative estimate of drug-likeness (QED) is 0.398. The molecule has 2 heterocycles. The predicted molar refractivity (Wildman–Crippen MR) is 95.0 cm³/mol. The van der Waals surface area contributed by atoms with Gasteiger partial charge >= 0.3 is 6.18 Å². The molecule has 4 aromatic rings. The van der Waals surface area contributed by atoms with Gasteiger partial charge in [0, 0.05) is 11.5 Å². The van der Waals surface area contributed by atoms with Gasteiger partial charge in [-0.25, -0.2) is 4.39 Å². The van der Waals surface area contributed by atoms with Crippen molar-refractivity contribution in [1.82, 2.24) is 15.4 Å². The van der Waals surface area contributed by atoms with Gasteiger partial charge in [-0.05, 0) is 47.8 Å². The first-order chi connectivity index (χ1) is 14.4. The van der Waals surface area contributed by atoms with Crippen molar-refractivity contribution < 1.29 is 31.2 Å². The first-order valence-electron chi connectivity index (χ1n) is 9.10. The zero-order chi connectivity index (χ0) is 20.9. The normalized spacial score (nSPS) is 14.4. The van der Waals surface area contributed by atoms with Crippen LogP contribution in [0.15, 0.2) is 45.3 Å². The molecule has 2 aromatic heterocycles. The molecule has 1 aliphatic carbocycles. The molecule has 30 heavy (non-hydrogen) atoms. The summed E-state index contributed by atoms with van der Waals surface area (Å²) in [6, 6.07) is 7.00. The number of nitrogens with zero attached hydrogens (tertiary/aromatic N) is 3. The van der Waals surface area contributed by atoms with Crippen molar-refractivity contribution in [3.8, 4) is 17.0 Å².